The summed E-state index contributed by atoms with van der Waals surface area (Å²) >= 11 is 0. The highest BCUT2D eigenvalue weighted by Gasteiger charge is 2.27. The van der Waals surface area contributed by atoms with E-state index in [4.69, 9.17) is 4.42 Å². The van der Waals surface area contributed by atoms with Crippen molar-refractivity contribution in [3.8, 4) is 0 Å². The molecule has 0 aliphatic rings. The molecule has 0 aliphatic carbocycles. The molecule has 0 saturated carbocycles. The lowest BCUT2D eigenvalue weighted by Gasteiger charge is -2.26. The number of nitrogens with zero attached hydrogens (tertiary/aromatic N) is 2. The van der Waals surface area contributed by atoms with Crippen molar-refractivity contribution < 1.29 is 12.8 Å². The third-order valence-electron chi connectivity index (χ3n) is 3.83. The van der Waals surface area contributed by atoms with Crippen LogP contribution in [0.2, 0.25) is 0 Å². The molecule has 0 unspecified atom stereocenters. The fourth-order valence-electron chi connectivity index (χ4n) is 2.62. The predicted molar refractivity (Wildman–Crippen MR) is 93.1 cm³/mol. The van der Waals surface area contributed by atoms with Crippen LogP contribution in [0.25, 0.3) is 11.1 Å². The van der Waals surface area contributed by atoms with Crippen LogP contribution in [-0.4, -0.2) is 23.7 Å². The van der Waals surface area contributed by atoms with Crippen LogP contribution in [0.5, 0.6) is 0 Å². The molecule has 24 heavy (non-hydrogen) atoms. The Kier molecular flexibility index (Phi) is 4.43. The third kappa shape index (κ3) is 3.20. The normalized spacial score (nSPS) is 12.4. The summed E-state index contributed by atoms with van der Waals surface area (Å²) in [6.45, 7) is 5.81. The van der Waals surface area contributed by atoms with Crippen LogP contribution in [0.4, 0.5) is 0 Å². The second-order valence-corrected chi connectivity index (χ2v) is 7.88. The van der Waals surface area contributed by atoms with Crippen molar-refractivity contribution >= 4 is 21.1 Å². The van der Waals surface area contributed by atoms with Crippen molar-refractivity contribution in [1.29, 1.82) is 0 Å². The van der Waals surface area contributed by atoms with Crippen LogP contribution in [-0.2, 0) is 16.6 Å². The van der Waals surface area contributed by atoms with Gasteiger partial charge in [0.1, 0.15) is 5.52 Å². The van der Waals surface area contributed by atoms with Gasteiger partial charge in [-0.05, 0) is 31.5 Å². The van der Waals surface area contributed by atoms with Crippen molar-refractivity contribution in [3.63, 3.8) is 0 Å². The Labute approximate surface area is 142 Å². The van der Waals surface area contributed by atoms with E-state index >= 15 is 0 Å². The van der Waals surface area contributed by atoms with E-state index < -0.39 is 10.0 Å². The van der Waals surface area contributed by atoms with E-state index in [1.54, 1.807) is 25.1 Å². The zero-order valence-corrected chi connectivity index (χ0v) is 14.7. The van der Waals surface area contributed by atoms with Crippen LogP contribution in [0.15, 0.2) is 57.8 Å². The van der Waals surface area contributed by atoms with E-state index in [0.717, 1.165) is 5.56 Å². The lowest BCUT2D eigenvalue weighted by atomic mass is 10.2. The first-order valence-electron chi connectivity index (χ1n) is 7.81. The summed E-state index contributed by atoms with van der Waals surface area (Å²) in [6, 6.07) is 14.2. The molecule has 2 aromatic carbocycles. The summed E-state index contributed by atoms with van der Waals surface area (Å²) in [5.41, 5.74) is 2.09. The number of rotatable bonds is 5. The lowest BCUT2D eigenvalue weighted by Crippen LogP contribution is -2.36. The Morgan fingerprint density at radius 2 is 1.83 bits per heavy atom. The second kappa shape index (κ2) is 6.37. The first kappa shape index (κ1) is 16.7. The van der Waals surface area contributed by atoms with E-state index in [-0.39, 0.29) is 10.9 Å². The third-order valence-corrected chi connectivity index (χ3v) is 5.85. The van der Waals surface area contributed by atoms with Gasteiger partial charge in [-0.2, -0.15) is 4.31 Å². The summed E-state index contributed by atoms with van der Waals surface area (Å²) in [5.74, 6) is 0.518. The lowest BCUT2D eigenvalue weighted by molar-refractivity contribution is 0.348. The largest absolute Gasteiger partial charge is 0.441 e. The van der Waals surface area contributed by atoms with Gasteiger partial charge in [-0.15, -0.1) is 0 Å². The maximum absolute atomic E-state index is 13.1. The Hall–Kier alpha value is -2.18. The van der Waals surface area contributed by atoms with Gasteiger partial charge in [0.2, 0.25) is 10.0 Å². The molecule has 0 N–H and O–H groups in total. The fourth-order valence-corrected chi connectivity index (χ4v) is 4.27. The Morgan fingerprint density at radius 3 is 2.50 bits per heavy atom. The van der Waals surface area contributed by atoms with Crippen LogP contribution < -0.4 is 0 Å². The van der Waals surface area contributed by atoms with Crippen molar-refractivity contribution in [2.45, 2.75) is 38.3 Å². The molecule has 0 bridgehead atoms. The molecule has 0 amide bonds. The minimum Gasteiger partial charge on any atom is -0.441 e. The van der Waals surface area contributed by atoms with Crippen molar-refractivity contribution in [1.82, 2.24) is 9.29 Å². The Bertz CT molecular complexity index is 947. The van der Waals surface area contributed by atoms with Crippen molar-refractivity contribution in [2.24, 2.45) is 0 Å². The monoisotopic (exact) mass is 344 g/mol. The number of fused-ring (bicyclic) bond motifs is 1. The number of aromatic nitrogens is 1. The highest BCUT2D eigenvalue weighted by atomic mass is 32.2. The van der Waals surface area contributed by atoms with Gasteiger partial charge in [0.15, 0.2) is 11.5 Å². The molecule has 6 heteroatoms. The quantitative estimate of drug-likeness (QED) is 0.707. The minimum absolute atomic E-state index is 0.164. The van der Waals surface area contributed by atoms with Gasteiger partial charge in [0.05, 0.1) is 4.90 Å². The number of hydrogen-bond acceptors (Lipinski definition) is 4. The zero-order chi connectivity index (χ0) is 17.3. The molecule has 5 nitrogen and oxygen atoms in total. The molecule has 3 rings (SSSR count). The second-order valence-electron chi connectivity index (χ2n) is 5.99. The topological polar surface area (TPSA) is 63.4 Å². The van der Waals surface area contributed by atoms with Crippen molar-refractivity contribution in [3.05, 3.63) is 60.0 Å². The Balaban J connectivity index is 2.00. The predicted octanol–water partition coefficient (Wildman–Crippen LogP) is 3.74. The van der Waals surface area contributed by atoms with Gasteiger partial charge in [-0.1, -0.05) is 30.3 Å². The molecule has 0 saturated heterocycles. The summed E-state index contributed by atoms with van der Waals surface area (Å²) in [6.07, 6.45) is 0. The van der Waals surface area contributed by atoms with Crippen LogP contribution in [0.1, 0.15) is 25.3 Å². The number of sulfonamides is 1. The number of oxazole rings is 1. The molecular weight excluding hydrogens is 324 g/mol. The highest BCUT2D eigenvalue weighted by Crippen LogP contribution is 2.25. The summed E-state index contributed by atoms with van der Waals surface area (Å²) in [7, 11) is -3.64. The van der Waals surface area contributed by atoms with E-state index in [0.29, 0.717) is 23.5 Å². The fraction of sp³-hybridized carbons (Fsp3) is 0.278. The average Bonchev–Trinajstić information content (AvgIpc) is 2.92. The molecule has 0 fully saturated rings. The maximum atomic E-state index is 13.1. The summed E-state index contributed by atoms with van der Waals surface area (Å²) < 4.78 is 33.1. The van der Waals surface area contributed by atoms with Crippen LogP contribution in [0, 0.1) is 6.92 Å². The minimum atomic E-state index is -3.64. The molecule has 0 aliphatic heterocycles. The molecule has 0 spiro atoms. The standard InChI is InChI=1S/C18H20N2O3S/c1-13(2)20(12-15-7-5-4-6-8-15)24(21,22)16-9-10-17-18(11-16)23-14(3)19-17/h4-11,13H,12H2,1-3H3. The summed E-state index contributed by atoms with van der Waals surface area (Å²) in [4.78, 5) is 4.43. The summed E-state index contributed by atoms with van der Waals surface area (Å²) in [5, 5.41) is 0. The highest BCUT2D eigenvalue weighted by molar-refractivity contribution is 7.89. The van der Waals surface area contributed by atoms with Crippen molar-refractivity contribution in [2.75, 3.05) is 0 Å². The van der Waals surface area contributed by atoms with Gasteiger partial charge in [-0.3, -0.25) is 0 Å². The molecule has 0 atom stereocenters. The Morgan fingerprint density at radius 1 is 1.12 bits per heavy atom. The number of benzene rings is 2. The van der Waals surface area contributed by atoms with E-state index in [1.807, 2.05) is 44.2 Å². The van der Waals surface area contributed by atoms with Crippen LogP contribution >= 0.6 is 0 Å². The van der Waals surface area contributed by atoms with Gasteiger partial charge in [0.25, 0.3) is 0 Å². The van der Waals surface area contributed by atoms with Gasteiger partial charge < -0.3 is 4.42 Å². The van der Waals surface area contributed by atoms with Crippen LogP contribution in [0.3, 0.4) is 0 Å². The van der Waals surface area contributed by atoms with Gasteiger partial charge in [0, 0.05) is 25.6 Å². The molecule has 0 radical (unpaired) electrons. The van der Waals surface area contributed by atoms with Gasteiger partial charge in [-0.25, -0.2) is 13.4 Å². The van der Waals surface area contributed by atoms with E-state index in [2.05, 4.69) is 4.98 Å². The SMILES string of the molecule is Cc1nc2ccc(S(=O)(=O)N(Cc3ccccc3)C(C)C)cc2o1. The average molecular weight is 344 g/mol. The number of hydrogen-bond donors (Lipinski definition) is 0. The first-order chi connectivity index (χ1) is 11.4. The molecule has 126 valence electrons. The van der Waals surface area contributed by atoms with E-state index in [1.165, 1.54) is 4.31 Å². The molecule has 1 aromatic heterocycles. The van der Waals surface area contributed by atoms with E-state index in [9.17, 15) is 8.42 Å². The smallest absolute Gasteiger partial charge is 0.243 e. The molecule has 1 heterocycles. The number of aryl methyl sites for hydroxylation is 1. The zero-order valence-electron chi connectivity index (χ0n) is 13.9. The first-order valence-corrected chi connectivity index (χ1v) is 9.25. The maximum Gasteiger partial charge on any atom is 0.243 e. The molecular formula is C18H20N2O3S. The molecule has 3 aromatic rings. The van der Waals surface area contributed by atoms with Gasteiger partial charge >= 0.3 is 0 Å².